The number of benzene rings is 2. The third kappa shape index (κ3) is 4.54. The van der Waals surface area contributed by atoms with Gasteiger partial charge in [-0.05, 0) is 61.1 Å². The SMILES string of the molecule is N#Cc1ccc(C2CCN(C3=NC(Nc4cccc(F)c4)=C4C(=C=C3)CCS4=O)CC2)cc1. The Hall–Kier alpha value is -3.46. The van der Waals surface area contributed by atoms with E-state index in [0.29, 0.717) is 40.1 Å². The zero-order valence-electron chi connectivity index (χ0n) is 18.1. The van der Waals surface area contributed by atoms with Gasteiger partial charge in [0, 0.05) is 36.2 Å². The number of nitrogens with zero attached hydrogens (tertiary/aromatic N) is 3. The highest BCUT2D eigenvalue weighted by atomic mass is 32.2. The Labute approximate surface area is 195 Å². The minimum atomic E-state index is -1.16. The third-order valence-electron chi connectivity index (χ3n) is 6.27. The first-order valence-corrected chi connectivity index (χ1v) is 12.4. The molecule has 2 fully saturated rings. The highest BCUT2D eigenvalue weighted by Gasteiger charge is 2.29. The number of anilines is 1. The van der Waals surface area contributed by atoms with Crippen LogP contribution in [0.4, 0.5) is 10.1 Å². The first-order chi connectivity index (χ1) is 16.1. The van der Waals surface area contributed by atoms with Gasteiger partial charge in [0.25, 0.3) is 0 Å². The van der Waals surface area contributed by atoms with Crippen LogP contribution in [-0.4, -0.2) is 33.8 Å². The van der Waals surface area contributed by atoms with Crippen LogP contribution in [0, 0.1) is 17.1 Å². The molecule has 0 spiro atoms. The van der Waals surface area contributed by atoms with Gasteiger partial charge in [-0.2, -0.15) is 5.26 Å². The number of amidine groups is 1. The molecule has 1 atom stereocenters. The van der Waals surface area contributed by atoms with E-state index in [-0.39, 0.29) is 5.82 Å². The van der Waals surface area contributed by atoms with E-state index in [4.69, 9.17) is 10.3 Å². The zero-order chi connectivity index (χ0) is 22.8. The summed E-state index contributed by atoms with van der Waals surface area (Å²) in [6.07, 6.45) is 4.53. The van der Waals surface area contributed by atoms with Crippen LogP contribution in [0.5, 0.6) is 0 Å². The molecule has 3 heterocycles. The fraction of sp³-hybridized carbons (Fsp3) is 0.269. The van der Waals surface area contributed by atoms with E-state index in [0.717, 1.165) is 37.3 Å². The van der Waals surface area contributed by atoms with Crippen LogP contribution in [0.15, 0.2) is 81.6 Å². The molecule has 7 heteroatoms. The molecule has 5 rings (SSSR count). The fourth-order valence-electron chi connectivity index (χ4n) is 4.51. The van der Waals surface area contributed by atoms with Crippen LogP contribution in [0.25, 0.3) is 0 Å². The van der Waals surface area contributed by atoms with Crippen LogP contribution in [-0.2, 0) is 10.8 Å². The molecule has 1 unspecified atom stereocenters. The molecule has 0 aliphatic carbocycles. The number of aliphatic imine (C=N–C) groups is 1. The van der Waals surface area contributed by atoms with Crippen molar-refractivity contribution < 1.29 is 8.60 Å². The summed E-state index contributed by atoms with van der Waals surface area (Å²) in [6.45, 7) is 1.67. The number of hydrogen-bond donors (Lipinski definition) is 1. The van der Waals surface area contributed by atoms with Crippen molar-refractivity contribution in [2.24, 2.45) is 4.99 Å². The molecule has 5 nitrogen and oxygen atoms in total. The van der Waals surface area contributed by atoms with Crippen molar-refractivity contribution >= 4 is 22.3 Å². The molecule has 2 saturated heterocycles. The quantitative estimate of drug-likeness (QED) is 0.671. The Morgan fingerprint density at radius 1 is 1.18 bits per heavy atom. The standard InChI is InChI=1S/C26H23FN4OS/c27-22-2-1-3-23(16-22)29-26-25-21(12-15-33(25)32)8-9-24(30-26)31-13-10-20(11-14-31)19-6-4-18(17-28)5-7-19/h1-7,9,16,20,29H,10-15H2. The summed E-state index contributed by atoms with van der Waals surface area (Å²) in [6, 6.07) is 16.2. The van der Waals surface area contributed by atoms with Crippen LogP contribution in [0.2, 0.25) is 0 Å². The first kappa shape index (κ1) is 21.4. The maximum absolute atomic E-state index is 13.7. The topological polar surface area (TPSA) is 68.5 Å². The number of nitriles is 1. The maximum atomic E-state index is 13.7. The molecule has 0 aromatic heterocycles. The molecule has 2 aromatic rings. The predicted molar refractivity (Wildman–Crippen MR) is 128 cm³/mol. The van der Waals surface area contributed by atoms with Crippen LogP contribution in [0.1, 0.15) is 36.3 Å². The van der Waals surface area contributed by atoms with Gasteiger partial charge in [0.05, 0.1) is 27.3 Å². The largest absolute Gasteiger partial charge is 0.356 e. The molecule has 0 amide bonds. The van der Waals surface area contributed by atoms with Gasteiger partial charge in [-0.3, -0.25) is 4.21 Å². The third-order valence-corrected chi connectivity index (χ3v) is 7.74. The second-order valence-electron chi connectivity index (χ2n) is 8.35. The Balaban J connectivity index is 1.38. The van der Waals surface area contributed by atoms with Crippen molar-refractivity contribution in [3.05, 3.63) is 93.6 Å². The minimum absolute atomic E-state index is 0.338. The number of nitrogens with one attached hydrogen (secondary N) is 1. The Morgan fingerprint density at radius 3 is 2.70 bits per heavy atom. The molecular formula is C26H23FN4OS. The molecule has 166 valence electrons. The summed E-state index contributed by atoms with van der Waals surface area (Å²) in [5.41, 5.74) is 6.74. The van der Waals surface area contributed by atoms with Gasteiger partial charge in [-0.25, -0.2) is 9.38 Å². The van der Waals surface area contributed by atoms with Crippen molar-refractivity contribution in [1.82, 2.24) is 4.90 Å². The highest BCUT2D eigenvalue weighted by Crippen LogP contribution is 2.33. The number of likely N-dealkylation sites (tertiary alicyclic amines) is 1. The summed E-state index contributed by atoms with van der Waals surface area (Å²) in [4.78, 5) is 7.75. The second kappa shape index (κ2) is 9.19. The van der Waals surface area contributed by atoms with Gasteiger partial charge in [-0.15, -0.1) is 5.73 Å². The monoisotopic (exact) mass is 458 g/mol. The van der Waals surface area contributed by atoms with Crippen molar-refractivity contribution in [3.8, 4) is 6.07 Å². The van der Waals surface area contributed by atoms with Gasteiger partial charge in [0.1, 0.15) is 17.5 Å². The molecule has 1 N–H and O–H groups in total. The lowest BCUT2D eigenvalue weighted by Crippen LogP contribution is -2.37. The van der Waals surface area contributed by atoms with Gasteiger partial charge in [0.2, 0.25) is 0 Å². The van der Waals surface area contributed by atoms with Crippen LogP contribution < -0.4 is 5.32 Å². The summed E-state index contributed by atoms with van der Waals surface area (Å²) in [7, 11) is -1.16. The number of halogens is 1. The van der Waals surface area contributed by atoms with Crippen LogP contribution >= 0.6 is 0 Å². The molecule has 3 aliphatic heterocycles. The molecule has 2 aromatic carbocycles. The lowest BCUT2D eigenvalue weighted by Gasteiger charge is -2.33. The smallest absolute Gasteiger partial charge is 0.150 e. The number of rotatable bonds is 3. The Bertz CT molecular complexity index is 1270. The van der Waals surface area contributed by atoms with E-state index >= 15 is 0 Å². The van der Waals surface area contributed by atoms with Crippen molar-refractivity contribution in [1.29, 1.82) is 5.26 Å². The fourth-order valence-corrected chi connectivity index (χ4v) is 5.85. The summed E-state index contributed by atoms with van der Waals surface area (Å²) < 4.78 is 26.5. The van der Waals surface area contributed by atoms with Crippen molar-refractivity contribution in [2.45, 2.75) is 25.2 Å². The average molecular weight is 459 g/mol. The highest BCUT2D eigenvalue weighted by molar-refractivity contribution is 7.89. The summed E-state index contributed by atoms with van der Waals surface area (Å²) in [5, 5.41) is 12.2. The molecule has 33 heavy (non-hydrogen) atoms. The lowest BCUT2D eigenvalue weighted by molar-refractivity contribution is 0.314. The number of piperidine rings is 1. The van der Waals surface area contributed by atoms with Gasteiger partial charge >= 0.3 is 0 Å². The average Bonchev–Trinajstić information content (AvgIpc) is 3.11. The van der Waals surface area contributed by atoms with E-state index < -0.39 is 10.8 Å². The van der Waals surface area contributed by atoms with Gasteiger partial charge < -0.3 is 10.2 Å². The number of fused-ring (bicyclic) bond motifs is 1. The normalized spacial score (nSPS) is 20.6. The Kier molecular flexibility index (Phi) is 5.95. The Morgan fingerprint density at radius 2 is 1.97 bits per heavy atom. The van der Waals surface area contributed by atoms with Gasteiger partial charge in [0.15, 0.2) is 0 Å². The van der Waals surface area contributed by atoms with E-state index in [1.165, 1.54) is 17.7 Å². The minimum Gasteiger partial charge on any atom is -0.356 e. The molecule has 0 radical (unpaired) electrons. The summed E-state index contributed by atoms with van der Waals surface area (Å²) in [5.74, 6) is 1.95. The van der Waals surface area contributed by atoms with E-state index in [1.54, 1.807) is 12.1 Å². The van der Waals surface area contributed by atoms with E-state index in [9.17, 15) is 8.60 Å². The van der Waals surface area contributed by atoms with Crippen molar-refractivity contribution in [2.75, 3.05) is 24.2 Å². The van der Waals surface area contributed by atoms with E-state index in [2.05, 4.69) is 22.0 Å². The second-order valence-corrected chi connectivity index (χ2v) is 9.85. The van der Waals surface area contributed by atoms with E-state index in [1.807, 2.05) is 30.3 Å². The maximum Gasteiger partial charge on any atom is 0.150 e. The zero-order valence-corrected chi connectivity index (χ0v) is 18.9. The molecule has 3 aliphatic rings. The number of hydrogen-bond acceptors (Lipinski definition) is 5. The van der Waals surface area contributed by atoms with Crippen LogP contribution in [0.3, 0.4) is 0 Å². The number of allylic oxidation sites excluding steroid dienone is 1. The molecular weight excluding hydrogens is 435 g/mol. The molecule has 0 bridgehead atoms. The van der Waals surface area contributed by atoms with Gasteiger partial charge in [-0.1, -0.05) is 18.2 Å². The predicted octanol–water partition coefficient (Wildman–Crippen LogP) is 4.80. The van der Waals surface area contributed by atoms with Crippen molar-refractivity contribution in [3.63, 3.8) is 0 Å². The summed E-state index contributed by atoms with van der Waals surface area (Å²) >= 11 is 0. The molecule has 0 saturated carbocycles. The lowest BCUT2D eigenvalue weighted by atomic mass is 9.89. The first-order valence-electron chi connectivity index (χ1n) is 11.1.